The van der Waals surface area contributed by atoms with Crippen LogP contribution in [-0.4, -0.2) is 44.5 Å². The first-order valence-corrected chi connectivity index (χ1v) is 12.3. The fraction of sp³-hybridized carbons (Fsp3) is 0.0769. The number of nitrogens with two attached hydrogens (primary N) is 2. The molecule has 0 aromatic heterocycles. The van der Waals surface area contributed by atoms with Crippen LogP contribution >= 0.6 is 0 Å². The van der Waals surface area contributed by atoms with Crippen molar-refractivity contribution in [3.63, 3.8) is 0 Å². The Morgan fingerprint density at radius 1 is 0.212 bits per heavy atom. The summed E-state index contributed by atoms with van der Waals surface area (Å²) in [5.41, 5.74) is 4.33. The van der Waals surface area contributed by atoms with E-state index >= 15 is 0 Å². The number of benzene rings is 4. The van der Waals surface area contributed by atoms with E-state index in [1.807, 2.05) is 0 Å². The maximum atomic E-state index is 12.3. The lowest BCUT2D eigenvalue weighted by atomic mass is 9.94. The Morgan fingerprint density at radius 3 is 0.365 bits per heavy atom. The Bertz CT molecular complexity index is 1240. The molecule has 0 unspecified atom stereocenters. The number of hydrogen-bond acceptors (Lipinski definition) is 2. The lowest BCUT2D eigenvalue weighted by Crippen LogP contribution is -2.20. The zero-order chi connectivity index (χ0) is 41.3. The molecule has 4 aromatic rings. The third-order valence-corrected chi connectivity index (χ3v) is 5.14. The van der Waals surface area contributed by atoms with Crippen LogP contribution < -0.4 is 33.3 Å². The predicted octanol–water partition coefficient (Wildman–Crippen LogP) is 3.61. The zero-order valence-electron chi connectivity index (χ0n) is 24.4. The van der Waals surface area contributed by atoms with E-state index in [0.29, 0.717) is 13.1 Å². The van der Waals surface area contributed by atoms with Gasteiger partial charge in [-0.3, -0.25) is 0 Å². The summed E-state index contributed by atoms with van der Waals surface area (Å²) in [7, 11) is 18.2. The molecule has 0 saturated carbocycles. The first-order valence-electron chi connectivity index (χ1n) is 12.3. The standard InChI is InChI=1S/4C6BF5.C2H8N2/c4*7-1-2(8)4(10)6(12)5(11)3(1)9;3-1-2-4/h;;;;1-4H2. The Hall–Kier alpha value is -4.34. The van der Waals surface area contributed by atoms with Gasteiger partial charge in [0.2, 0.25) is 0 Å². The molecule has 0 spiro atoms. The molecule has 274 valence electrons. The molecule has 0 atom stereocenters. The molecule has 0 amide bonds. The summed E-state index contributed by atoms with van der Waals surface area (Å²) < 4.78 is 244. The number of hydrogen-bond donors (Lipinski definition) is 2. The summed E-state index contributed by atoms with van der Waals surface area (Å²) in [6, 6.07) is 0. The monoisotopic (exact) mass is 772 g/mol. The average Bonchev–Trinajstić information content (AvgIpc) is 3.15. The van der Waals surface area contributed by atoms with E-state index in [0.717, 1.165) is 0 Å². The van der Waals surface area contributed by atoms with Crippen LogP contribution in [0.5, 0.6) is 0 Å². The minimum Gasteiger partial charge on any atom is -0.329 e. The minimum absolute atomic E-state index is 0.597. The van der Waals surface area contributed by atoms with Crippen molar-refractivity contribution in [1.82, 2.24) is 0 Å². The highest BCUT2D eigenvalue weighted by Gasteiger charge is 2.25. The van der Waals surface area contributed by atoms with E-state index in [9.17, 15) is 87.8 Å². The summed E-state index contributed by atoms with van der Waals surface area (Å²) in [6.45, 7) is 1.19. The maximum absolute atomic E-state index is 12.3. The molecule has 0 heterocycles. The van der Waals surface area contributed by atoms with Crippen LogP contribution in [0.2, 0.25) is 0 Å². The summed E-state index contributed by atoms with van der Waals surface area (Å²) in [6.07, 6.45) is 0. The highest BCUT2D eigenvalue weighted by Crippen LogP contribution is 2.17. The zero-order valence-corrected chi connectivity index (χ0v) is 24.4. The highest BCUT2D eigenvalue weighted by atomic mass is 19.2. The van der Waals surface area contributed by atoms with Gasteiger partial charge in [-0.1, -0.05) is 0 Å². The van der Waals surface area contributed by atoms with Crippen molar-refractivity contribution in [3.05, 3.63) is 116 Å². The van der Waals surface area contributed by atoms with Crippen LogP contribution in [-0.2, 0) is 0 Å². The highest BCUT2D eigenvalue weighted by molar-refractivity contribution is 6.33. The molecular formula is C26H8B4F20N2. The largest absolute Gasteiger partial charge is 0.329 e. The van der Waals surface area contributed by atoms with Crippen LogP contribution in [0.25, 0.3) is 0 Å². The minimum atomic E-state index is -2.21. The van der Waals surface area contributed by atoms with Crippen molar-refractivity contribution in [2.24, 2.45) is 11.5 Å². The van der Waals surface area contributed by atoms with Gasteiger partial charge >= 0.3 is 0 Å². The Morgan fingerprint density at radius 2 is 0.288 bits per heavy atom. The second-order valence-electron chi connectivity index (χ2n) is 8.51. The normalized spacial score (nSPS) is 10.2. The smallest absolute Gasteiger partial charge is 0.200 e. The first kappa shape index (κ1) is 47.7. The lowest BCUT2D eigenvalue weighted by molar-refractivity contribution is 0.384. The maximum Gasteiger partial charge on any atom is 0.200 e. The van der Waals surface area contributed by atoms with Gasteiger partial charge in [0.05, 0.1) is 0 Å². The van der Waals surface area contributed by atoms with Crippen molar-refractivity contribution in [2.45, 2.75) is 0 Å². The van der Waals surface area contributed by atoms with Crippen LogP contribution in [0, 0.1) is 116 Å². The topological polar surface area (TPSA) is 52.0 Å². The summed E-state index contributed by atoms with van der Waals surface area (Å²) in [4.78, 5) is 0. The molecule has 8 radical (unpaired) electrons. The van der Waals surface area contributed by atoms with Gasteiger partial charge in [-0.25, -0.2) is 87.8 Å². The molecule has 0 saturated heterocycles. The van der Waals surface area contributed by atoms with E-state index in [-0.39, 0.29) is 0 Å². The molecule has 2 nitrogen and oxygen atoms in total. The van der Waals surface area contributed by atoms with Gasteiger partial charge in [0, 0.05) is 13.1 Å². The van der Waals surface area contributed by atoms with Crippen LogP contribution in [0.1, 0.15) is 0 Å². The lowest BCUT2D eigenvalue weighted by Gasteiger charge is -2.02. The molecule has 4 aromatic carbocycles. The van der Waals surface area contributed by atoms with E-state index in [2.05, 4.69) is 31.4 Å². The molecule has 0 aliphatic carbocycles. The Kier molecular flexibility index (Phi) is 18.4. The quantitative estimate of drug-likeness (QED) is 0.135. The number of halogens is 20. The number of rotatable bonds is 1. The van der Waals surface area contributed by atoms with Gasteiger partial charge in [0.15, 0.2) is 116 Å². The molecule has 0 aliphatic heterocycles. The molecule has 0 bridgehead atoms. The van der Waals surface area contributed by atoms with Gasteiger partial charge in [0.25, 0.3) is 0 Å². The molecule has 0 fully saturated rings. The third-order valence-electron chi connectivity index (χ3n) is 5.14. The second kappa shape index (κ2) is 20.0. The van der Waals surface area contributed by atoms with Gasteiger partial charge in [0.1, 0.15) is 31.4 Å². The van der Waals surface area contributed by atoms with Gasteiger partial charge < -0.3 is 11.5 Å². The summed E-state index contributed by atoms with van der Waals surface area (Å²) >= 11 is 0. The first-order chi connectivity index (χ1) is 23.8. The van der Waals surface area contributed by atoms with Crippen LogP contribution in [0.4, 0.5) is 87.8 Å². The van der Waals surface area contributed by atoms with Crippen molar-refractivity contribution in [1.29, 1.82) is 0 Å². The van der Waals surface area contributed by atoms with Gasteiger partial charge in [-0.05, 0) is 21.9 Å². The summed E-state index contributed by atoms with van der Waals surface area (Å²) in [5.74, 6) is -41.2. The van der Waals surface area contributed by atoms with Crippen molar-refractivity contribution in [3.8, 4) is 0 Å². The summed E-state index contributed by atoms with van der Waals surface area (Å²) in [5, 5.41) is 0. The average molecular weight is 772 g/mol. The predicted molar refractivity (Wildman–Crippen MR) is 145 cm³/mol. The SMILES string of the molecule is NCCN.[B]c1c(F)c(F)c(F)c(F)c1F.[B]c1c(F)c(F)c(F)c(F)c1F.[B]c1c(F)c(F)c(F)c(F)c1F.[B]c1c(F)c(F)c(F)c(F)c1F. The molecule has 52 heavy (non-hydrogen) atoms. The fourth-order valence-corrected chi connectivity index (χ4v) is 2.49. The third kappa shape index (κ3) is 10.6. The Labute approximate surface area is 282 Å². The molecule has 4 rings (SSSR count). The van der Waals surface area contributed by atoms with Crippen molar-refractivity contribution < 1.29 is 87.8 Å². The van der Waals surface area contributed by atoms with Gasteiger partial charge in [-0.15, -0.1) is 0 Å². The molecule has 26 heteroatoms. The Balaban J connectivity index is 0.000000644. The van der Waals surface area contributed by atoms with E-state index < -0.39 is 138 Å². The molecule has 4 N–H and O–H groups in total. The van der Waals surface area contributed by atoms with E-state index in [1.54, 1.807) is 0 Å². The molecule has 0 aliphatic rings. The fourth-order valence-electron chi connectivity index (χ4n) is 2.49. The van der Waals surface area contributed by atoms with Crippen molar-refractivity contribution in [2.75, 3.05) is 13.1 Å². The van der Waals surface area contributed by atoms with E-state index in [1.165, 1.54) is 0 Å². The van der Waals surface area contributed by atoms with Crippen molar-refractivity contribution >= 4 is 53.2 Å². The van der Waals surface area contributed by atoms with Gasteiger partial charge in [-0.2, -0.15) is 0 Å². The van der Waals surface area contributed by atoms with Crippen LogP contribution in [0.3, 0.4) is 0 Å². The second-order valence-corrected chi connectivity index (χ2v) is 8.51. The molecular weight excluding hydrogens is 764 g/mol. The van der Waals surface area contributed by atoms with Crippen LogP contribution in [0.15, 0.2) is 0 Å². The van der Waals surface area contributed by atoms with E-state index in [4.69, 9.17) is 11.5 Å².